The maximum Gasteiger partial charge on any atom is 0.282 e. The molecule has 0 saturated carbocycles. The largest absolute Gasteiger partial charge is 0.394 e. The van der Waals surface area contributed by atoms with Crippen molar-refractivity contribution >= 4 is 24.0 Å². The highest BCUT2D eigenvalue weighted by atomic mass is 16.6. The first-order chi connectivity index (χ1) is 9.93. The maximum atomic E-state index is 11.9. The van der Waals surface area contributed by atoms with Crippen LogP contribution >= 0.6 is 0 Å². The Kier molecular flexibility index (Phi) is 3.24. The van der Waals surface area contributed by atoms with Crippen molar-refractivity contribution < 1.29 is 29.4 Å². The Labute approximate surface area is 119 Å². The first-order valence-corrected chi connectivity index (χ1v) is 6.39. The summed E-state index contributed by atoms with van der Waals surface area (Å²) in [5.41, 5.74) is 0. The van der Waals surface area contributed by atoms with Crippen LogP contribution in [0.15, 0.2) is 4.99 Å². The monoisotopic (exact) mass is 298 g/mol. The number of likely N-dealkylation sites (N-methyl/N-ethyl adjacent to an activating group) is 1. The van der Waals surface area contributed by atoms with Crippen molar-refractivity contribution in [3.05, 3.63) is 0 Å². The molecular formula is C11H16N5O5+. The molecule has 0 aromatic rings. The fourth-order valence-electron chi connectivity index (χ4n) is 2.70. The van der Waals surface area contributed by atoms with E-state index in [0.717, 1.165) is 0 Å². The molecule has 21 heavy (non-hydrogen) atoms. The minimum atomic E-state index is -1.27. The van der Waals surface area contributed by atoms with Crippen LogP contribution in [0.2, 0.25) is 0 Å². The second-order valence-electron chi connectivity index (χ2n) is 5.13. The second kappa shape index (κ2) is 4.84. The molecular weight excluding hydrogens is 282 g/mol. The summed E-state index contributed by atoms with van der Waals surface area (Å²) in [4.78, 5) is 17.3. The molecule has 1 unspecified atom stereocenters. The van der Waals surface area contributed by atoms with Crippen LogP contribution in [0.5, 0.6) is 0 Å². The molecule has 114 valence electrons. The number of nitrogens with one attached hydrogen (secondary N) is 2. The van der Waals surface area contributed by atoms with Crippen LogP contribution in [0.1, 0.15) is 0 Å². The standard InChI is InChI=1S/C11H15N5O5/c1-15-3-16(8-5(15)9(20)14-11(12)13-8)10-7(19)6(18)4(2-17)21-10/h3-7,10,17-19H,2H2,1H3,(H-,12,14,20)/p+1/t4-,5?,6-,7-,10-/m1/s1. The number of nitrogens with zero attached hydrogens (tertiary/aromatic N) is 3. The molecule has 1 saturated heterocycles. The van der Waals surface area contributed by atoms with E-state index in [1.165, 1.54) is 11.2 Å². The number of aliphatic imine (C=N–C) groups is 1. The van der Waals surface area contributed by atoms with Gasteiger partial charge in [0.25, 0.3) is 17.8 Å². The number of fused-ring (bicyclic) bond motifs is 1. The van der Waals surface area contributed by atoms with Gasteiger partial charge >= 0.3 is 0 Å². The molecule has 1 amide bonds. The first-order valence-electron chi connectivity index (χ1n) is 6.39. The summed E-state index contributed by atoms with van der Waals surface area (Å²) in [6, 6.07) is -0.722. The van der Waals surface area contributed by atoms with Gasteiger partial charge in [-0.3, -0.25) is 15.5 Å². The summed E-state index contributed by atoms with van der Waals surface area (Å²) in [7, 11) is 1.65. The van der Waals surface area contributed by atoms with E-state index in [2.05, 4.69) is 10.3 Å². The fraction of sp³-hybridized carbons (Fsp3) is 0.636. The minimum Gasteiger partial charge on any atom is -0.394 e. The Balaban J connectivity index is 1.93. The highest BCUT2D eigenvalue weighted by Crippen LogP contribution is 2.26. The Morgan fingerprint density at radius 1 is 1.52 bits per heavy atom. The summed E-state index contributed by atoms with van der Waals surface area (Å²) in [5.74, 6) is -0.467. The summed E-state index contributed by atoms with van der Waals surface area (Å²) in [6.45, 7) is -0.440. The van der Waals surface area contributed by atoms with Crippen molar-refractivity contribution in [2.75, 3.05) is 13.7 Å². The number of aliphatic hydroxyl groups excluding tert-OH is 3. The number of rotatable bonds is 2. The van der Waals surface area contributed by atoms with Crippen LogP contribution in [-0.2, 0) is 9.53 Å². The van der Waals surface area contributed by atoms with Crippen molar-refractivity contribution in [2.24, 2.45) is 4.99 Å². The molecule has 10 heteroatoms. The number of hydrogen-bond acceptors (Lipinski definition) is 7. The van der Waals surface area contributed by atoms with Crippen LogP contribution in [0.4, 0.5) is 0 Å². The molecule has 10 nitrogen and oxygen atoms in total. The second-order valence-corrected chi connectivity index (χ2v) is 5.13. The molecule has 5 N–H and O–H groups in total. The highest BCUT2D eigenvalue weighted by Gasteiger charge is 2.55. The van der Waals surface area contributed by atoms with Crippen molar-refractivity contribution in [3.8, 4) is 0 Å². The first kappa shape index (κ1) is 14.1. The van der Waals surface area contributed by atoms with Gasteiger partial charge in [0, 0.05) is 0 Å². The van der Waals surface area contributed by atoms with Gasteiger partial charge in [-0.15, -0.1) is 0 Å². The third kappa shape index (κ3) is 2.03. The van der Waals surface area contributed by atoms with E-state index in [9.17, 15) is 15.0 Å². The lowest BCUT2D eigenvalue weighted by molar-refractivity contribution is -0.498. The molecule has 0 bridgehead atoms. The Morgan fingerprint density at radius 2 is 2.24 bits per heavy atom. The number of aliphatic hydroxyl groups is 3. The predicted octanol–water partition coefficient (Wildman–Crippen LogP) is -3.76. The molecule has 0 aliphatic carbocycles. The molecule has 0 spiro atoms. The summed E-state index contributed by atoms with van der Waals surface area (Å²) >= 11 is 0. The zero-order chi connectivity index (χ0) is 15.3. The number of carbonyl (C=O) groups is 1. The molecule has 0 radical (unpaired) electrons. The summed E-state index contributed by atoms with van der Waals surface area (Å²) in [5, 5.41) is 38.8. The average Bonchev–Trinajstić information content (AvgIpc) is 2.89. The molecule has 5 atom stereocenters. The van der Waals surface area contributed by atoms with Crippen LogP contribution < -0.4 is 5.32 Å². The third-order valence-electron chi connectivity index (χ3n) is 3.73. The molecule has 3 aliphatic heterocycles. The Bertz CT molecular complexity index is 561. The number of carbonyl (C=O) groups excluding carboxylic acids is 1. The van der Waals surface area contributed by atoms with Gasteiger partial charge < -0.3 is 20.1 Å². The van der Waals surface area contributed by atoms with Gasteiger partial charge in [0.2, 0.25) is 18.5 Å². The third-order valence-corrected chi connectivity index (χ3v) is 3.73. The van der Waals surface area contributed by atoms with Gasteiger partial charge in [-0.25, -0.2) is 4.58 Å². The lowest BCUT2D eigenvalue weighted by Gasteiger charge is -2.22. The van der Waals surface area contributed by atoms with Crippen LogP contribution in [0.25, 0.3) is 0 Å². The van der Waals surface area contributed by atoms with Gasteiger partial charge in [0.05, 0.1) is 13.7 Å². The molecule has 0 aromatic heterocycles. The van der Waals surface area contributed by atoms with Crippen LogP contribution in [0.3, 0.4) is 0 Å². The zero-order valence-corrected chi connectivity index (χ0v) is 11.2. The summed E-state index contributed by atoms with van der Waals surface area (Å²) in [6.07, 6.45) is -2.90. The quantitative estimate of drug-likeness (QED) is 0.332. The predicted molar refractivity (Wildman–Crippen MR) is 68.9 cm³/mol. The SMILES string of the molecule is C[N+]1=CN([C@@H]2O[C@H](CO)[C@@H](O)[C@H]2O)C2=NC(=N)NC(=O)C21. The van der Waals surface area contributed by atoms with E-state index >= 15 is 0 Å². The van der Waals surface area contributed by atoms with E-state index in [0.29, 0.717) is 0 Å². The zero-order valence-electron chi connectivity index (χ0n) is 11.2. The van der Waals surface area contributed by atoms with Gasteiger partial charge in [0.1, 0.15) is 18.3 Å². The lowest BCUT2D eigenvalue weighted by atomic mass is 10.1. The molecule has 3 rings (SSSR count). The highest BCUT2D eigenvalue weighted by molar-refractivity contribution is 6.21. The normalized spacial score (nSPS) is 39.0. The van der Waals surface area contributed by atoms with E-state index < -0.39 is 43.1 Å². The molecule has 3 aliphatic rings. The van der Waals surface area contributed by atoms with E-state index in [1.54, 1.807) is 11.6 Å². The summed E-state index contributed by atoms with van der Waals surface area (Å²) < 4.78 is 6.99. The minimum absolute atomic E-state index is 0.237. The Morgan fingerprint density at radius 3 is 2.86 bits per heavy atom. The average molecular weight is 298 g/mol. The number of amides is 1. The van der Waals surface area contributed by atoms with Crippen molar-refractivity contribution in [3.63, 3.8) is 0 Å². The lowest BCUT2D eigenvalue weighted by Crippen LogP contribution is -2.54. The Hall–Kier alpha value is -1.88. The van der Waals surface area contributed by atoms with Gasteiger partial charge in [-0.05, 0) is 0 Å². The smallest absolute Gasteiger partial charge is 0.282 e. The maximum absolute atomic E-state index is 11.9. The van der Waals surface area contributed by atoms with Gasteiger partial charge in [0.15, 0.2) is 0 Å². The fourth-order valence-corrected chi connectivity index (χ4v) is 2.70. The van der Waals surface area contributed by atoms with Crippen molar-refractivity contribution in [2.45, 2.75) is 30.6 Å². The van der Waals surface area contributed by atoms with Gasteiger partial charge in [-0.1, -0.05) is 0 Å². The van der Waals surface area contributed by atoms with E-state index in [-0.39, 0.29) is 11.8 Å². The van der Waals surface area contributed by atoms with E-state index in [1.807, 2.05) is 0 Å². The number of guanidine groups is 1. The van der Waals surface area contributed by atoms with Gasteiger partial charge in [-0.2, -0.15) is 9.89 Å². The molecule has 3 heterocycles. The molecule has 0 aromatic carbocycles. The number of hydrogen-bond donors (Lipinski definition) is 5. The topological polar surface area (TPSA) is 141 Å². The van der Waals surface area contributed by atoms with Crippen LogP contribution in [0, 0.1) is 5.41 Å². The number of amidine groups is 1. The molecule has 1 fully saturated rings. The van der Waals surface area contributed by atoms with E-state index in [4.69, 9.17) is 15.3 Å². The number of ether oxygens (including phenoxy) is 1. The van der Waals surface area contributed by atoms with Crippen molar-refractivity contribution in [1.82, 2.24) is 10.2 Å². The van der Waals surface area contributed by atoms with Crippen molar-refractivity contribution in [1.29, 1.82) is 5.41 Å². The van der Waals surface area contributed by atoms with Crippen LogP contribution in [-0.4, -0.2) is 93.1 Å².